The number of hydrogen-bond donors (Lipinski definition) is 0. The Morgan fingerprint density at radius 2 is 1.77 bits per heavy atom. The van der Waals surface area contributed by atoms with E-state index in [0.717, 1.165) is 4.57 Å². The molecule has 0 amide bonds. The number of ether oxygens (including phenoxy) is 2. The minimum absolute atomic E-state index is 0.0508. The number of nitrogens with zero attached hydrogens (tertiary/aromatic N) is 3. The van der Waals surface area contributed by atoms with Crippen molar-refractivity contribution in [2.75, 3.05) is 20.7 Å². The number of esters is 1. The molecule has 162 valence electrons. The molecule has 2 rings (SSSR count). The van der Waals surface area contributed by atoms with Crippen molar-refractivity contribution in [3.63, 3.8) is 0 Å². The van der Waals surface area contributed by atoms with Crippen molar-refractivity contribution in [2.24, 2.45) is 0 Å². The molecule has 0 aliphatic carbocycles. The monoisotopic (exact) mass is 417 g/mol. The van der Waals surface area contributed by atoms with E-state index < -0.39 is 22.6 Å². The molecule has 1 heterocycles. The summed E-state index contributed by atoms with van der Waals surface area (Å²) in [6.07, 6.45) is 0.805. The van der Waals surface area contributed by atoms with Crippen LogP contribution < -0.4 is 0 Å². The number of carbonyl (C=O) groups excluding carboxylic acids is 2. The van der Waals surface area contributed by atoms with Crippen molar-refractivity contribution in [1.82, 2.24) is 9.47 Å². The van der Waals surface area contributed by atoms with Gasteiger partial charge in [0.25, 0.3) is 5.69 Å². The number of nitro groups is 1. The van der Waals surface area contributed by atoms with Crippen LogP contribution in [0.1, 0.15) is 43.7 Å². The summed E-state index contributed by atoms with van der Waals surface area (Å²) in [5.74, 6) is -0.645. The van der Waals surface area contributed by atoms with Crippen molar-refractivity contribution in [1.29, 1.82) is 0 Å². The number of rotatable bonds is 6. The van der Waals surface area contributed by atoms with Crippen LogP contribution in [0.4, 0.5) is 10.5 Å². The normalized spacial score (nSPS) is 11.4. The van der Waals surface area contributed by atoms with Gasteiger partial charge in [0.1, 0.15) is 11.3 Å². The third kappa shape index (κ3) is 5.44. The summed E-state index contributed by atoms with van der Waals surface area (Å²) in [4.78, 5) is 38.0. The molecule has 30 heavy (non-hydrogen) atoms. The Balaban J connectivity index is 2.70. The van der Waals surface area contributed by atoms with Crippen LogP contribution in [-0.4, -0.2) is 52.8 Å². The van der Waals surface area contributed by atoms with Crippen LogP contribution in [0.25, 0.3) is 11.1 Å². The van der Waals surface area contributed by atoms with Gasteiger partial charge in [-0.25, -0.2) is 14.2 Å². The van der Waals surface area contributed by atoms with Gasteiger partial charge >= 0.3 is 12.1 Å². The van der Waals surface area contributed by atoms with Crippen LogP contribution in [0.2, 0.25) is 0 Å². The van der Waals surface area contributed by atoms with Crippen molar-refractivity contribution in [3.8, 4) is 11.1 Å². The Labute approximate surface area is 175 Å². The van der Waals surface area contributed by atoms with Gasteiger partial charge in [-0.3, -0.25) is 10.1 Å². The molecule has 0 aliphatic heterocycles. The largest absolute Gasteiger partial charge is 0.461 e. The van der Waals surface area contributed by atoms with E-state index in [2.05, 4.69) is 0 Å². The molecule has 1 aromatic carbocycles. The van der Waals surface area contributed by atoms with E-state index >= 15 is 0 Å². The van der Waals surface area contributed by atoms with Crippen molar-refractivity contribution in [3.05, 3.63) is 51.8 Å². The Kier molecular flexibility index (Phi) is 6.99. The van der Waals surface area contributed by atoms with Crippen LogP contribution in [-0.2, 0) is 16.0 Å². The lowest BCUT2D eigenvalue weighted by Crippen LogP contribution is -2.29. The highest BCUT2D eigenvalue weighted by atomic mass is 16.6. The highest BCUT2D eigenvalue weighted by Gasteiger charge is 2.29. The van der Waals surface area contributed by atoms with Gasteiger partial charge in [-0.2, -0.15) is 0 Å². The second-order valence-corrected chi connectivity index (χ2v) is 7.98. The molecule has 0 atom stereocenters. The molecule has 1 aromatic heterocycles. The molecule has 0 spiro atoms. The van der Waals surface area contributed by atoms with E-state index in [1.54, 1.807) is 39.8 Å². The lowest BCUT2D eigenvalue weighted by atomic mass is 10.0. The van der Waals surface area contributed by atoms with Crippen LogP contribution >= 0.6 is 0 Å². The second-order valence-electron chi connectivity index (χ2n) is 7.98. The van der Waals surface area contributed by atoms with E-state index in [4.69, 9.17) is 9.47 Å². The maximum atomic E-state index is 12.8. The molecule has 9 nitrogen and oxygen atoms in total. The predicted octanol–water partition coefficient (Wildman–Crippen LogP) is 4.08. The van der Waals surface area contributed by atoms with Crippen molar-refractivity contribution < 1.29 is 24.0 Å². The summed E-state index contributed by atoms with van der Waals surface area (Å²) in [7, 11) is 3.67. The van der Waals surface area contributed by atoms with Gasteiger partial charge < -0.3 is 14.4 Å². The van der Waals surface area contributed by atoms with Crippen LogP contribution in [0.5, 0.6) is 0 Å². The zero-order valence-electron chi connectivity index (χ0n) is 18.1. The topological polar surface area (TPSA) is 104 Å². The molecule has 2 aromatic rings. The summed E-state index contributed by atoms with van der Waals surface area (Å²) in [5.41, 5.74) is 1.05. The maximum Gasteiger partial charge on any atom is 0.419 e. The van der Waals surface area contributed by atoms with E-state index in [1.165, 1.54) is 18.3 Å². The lowest BCUT2D eigenvalue weighted by molar-refractivity contribution is -0.384. The van der Waals surface area contributed by atoms with E-state index in [9.17, 15) is 19.7 Å². The third-order valence-electron chi connectivity index (χ3n) is 4.03. The van der Waals surface area contributed by atoms with Crippen molar-refractivity contribution >= 4 is 17.7 Å². The number of aromatic nitrogens is 1. The van der Waals surface area contributed by atoms with Gasteiger partial charge in [-0.15, -0.1) is 0 Å². The first-order valence-electron chi connectivity index (χ1n) is 9.48. The molecule has 0 saturated heterocycles. The average molecular weight is 417 g/mol. The number of nitro benzene ring substituents is 1. The van der Waals surface area contributed by atoms with Crippen LogP contribution in [0.3, 0.4) is 0 Å². The minimum atomic E-state index is -0.761. The number of non-ortho nitro benzene ring substituents is 1. The number of carbonyl (C=O) groups is 2. The summed E-state index contributed by atoms with van der Waals surface area (Å²) in [6.45, 7) is 7.37. The van der Waals surface area contributed by atoms with Gasteiger partial charge in [-0.05, 0) is 59.5 Å². The smallest absolute Gasteiger partial charge is 0.419 e. The highest BCUT2D eigenvalue weighted by Crippen LogP contribution is 2.32. The van der Waals surface area contributed by atoms with Crippen molar-refractivity contribution in [2.45, 2.75) is 39.8 Å². The number of hydrogen-bond acceptors (Lipinski definition) is 7. The summed E-state index contributed by atoms with van der Waals surface area (Å²) >= 11 is 0. The number of benzene rings is 1. The minimum Gasteiger partial charge on any atom is -0.461 e. The lowest BCUT2D eigenvalue weighted by Gasteiger charge is -2.20. The summed E-state index contributed by atoms with van der Waals surface area (Å²) < 4.78 is 11.8. The van der Waals surface area contributed by atoms with E-state index in [1.807, 2.05) is 19.0 Å². The summed E-state index contributed by atoms with van der Waals surface area (Å²) in [5, 5.41) is 11.0. The van der Waals surface area contributed by atoms with Gasteiger partial charge in [-0.1, -0.05) is 0 Å². The van der Waals surface area contributed by atoms with Gasteiger partial charge in [0.2, 0.25) is 0 Å². The first-order chi connectivity index (χ1) is 13.9. The zero-order chi connectivity index (χ0) is 22.6. The predicted molar refractivity (Wildman–Crippen MR) is 112 cm³/mol. The SMILES string of the molecule is CCOC(=O)c1c(CN(C)C)c(-c2ccc([N+](=O)[O-])cc2)cn1C(=O)OC(C)(C)C. The van der Waals surface area contributed by atoms with Crippen LogP contribution in [0, 0.1) is 10.1 Å². The molecule has 0 fully saturated rings. The van der Waals surface area contributed by atoms with Crippen LogP contribution in [0.15, 0.2) is 30.5 Å². The molecule has 0 unspecified atom stereocenters. The molecule has 0 saturated carbocycles. The van der Waals surface area contributed by atoms with E-state index in [-0.39, 0.29) is 18.0 Å². The fourth-order valence-corrected chi connectivity index (χ4v) is 2.91. The Hall–Kier alpha value is -3.20. The molecule has 0 radical (unpaired) electrons. The highest BCUT2D eigenvalue weighted by molar-refractivity contribution is 5.96. The first-order valence-corrected chi connectivity index (χ1v) is 9.48. The molecule has 9 heteroatoms. The molecular weight excluding hydrogens is 390 g/mol. The average Bonchev–Trinajstić information content (AvgIpc) is 2.99. The zero-order valence-corrected chi connectivity index (χ0v) is 18.1. The quantitative estimate of drug-likeness (QED) is 0.396. The fraction of sp³-hybridized carbons (Fsp3) is 0.429. The Morgan fingerprint density at radius 3 is 2.23 bits per heavy atom. The van der Waals surface area contributed by atoms with Gasteiger partial charge in [0.05, 0.1) is 11.5 Å². The van der Waals surface area contributed by atoms with Gasteiger partial charge in [0.15, 0.2) is 0 Å². The maximum absolute atomic E-state index is 12.8. The first kappa shape index (κ1) is 23.1. The molecule has 0 bridgehead atoms. The molecule has 0 N–H and O–H groups in total. The molecular formula is C21H27N3O6. The standard InChI is InChI=1S/C21H27N3O6/c1-7-29-19(25)18-17(12-22(5)6)16(13-23(18)20(26)30-21(2,3)4)14-8-10-15(11-9-14)24(27)28/h8-11,13H,7,12H2,1-6H3. The Bertz CT molecular complexity index is 939. The van der Waals surface area contributed by atoms with Gasteiger partial charge in [0, 0.05) is 36.0 Å². The third-order valence-corrected chi connectivity index (χ3v) is 4.03. The fourth-order valence-electron chi connectivity index (χ4n) is 2.91. The summed E-state index contributed by atoms with van der Waals surface area (Å²) in [6, 6.07) is 5.93. The molecule has 0 aliphatic rings. The second kappa shape index (κ2) is 9.08. The Morgan fingerprint density at radius 1 is 1.17 bits per heavy atom. The van der Waals surface area contributed by atoms with E-state index in [0.29, 0.717) is 23.2 Å².